The van der Waals surface area contributed by atoms with Crippen molar-refractivity contribution in [2.75, 3.05) is 0 Å². The summed E-state index contributed by atoms with van der Waals surface area (Å²) >= 11 is 0. The van der Waals surface area contributed by atoms with Crippen LogP contribution in [0.2, 0.25) is 0 Å². The molecule has 0 amide bonds. The van der Waals surface area contributed by atoms with E-state index < -0.39 is 5.41 Å². The van der Waals surface area contributed by atoms with Crippen LogP contribution in [-0.4, -0.2) is 5.97 Å². The van der Waals surface area contributed by atoms with Crippen molar-refractivity contribution in [1.29, 1.82) is 0 Å². The predicted molar refractivity (Wildman–Crippen MR) is 30.9 cm³/mol. The van der Waals surface area contributed by atoms with Gasteiger partial charge in [-0.05, 0) is 20.8 Å². The van der Waals surface area contributed by atoms with Crippen LogP contribution in [0.3, 0.4) is 0 Å². The first kappa shape index (κ1) is 12.1. The largest absolute Gasteiger partial charge is 0.640 e. The van der Waals surface area contributed by atoms with E-state index in [1.165, 1.54) is 0 Å². The molecule has 0 atom stereocenters. The van der Waals surface area contributed by atoms with Gasteiger partial charge in [-0.15, -0.1) is 0 Å². The summed E-state index contributed by atoms with van der Waals surface area (Å²) in [6.07, 6.45) is 0. The summed E-state index contributed by atoms with van der Waals surface area (Å²) in [5.41, 5.74) is -0.415. The van der Waals surface area contributed by atoms with E-state index in [4.69, 9.17) is 0 Å². The second-order valence-electron chi connectivity index (χ2n) is 2.68. The number of ether oxygens (including phenoxy) is 1. The SMILES string of the molecule is [CH2-]OC(=O)C(C)(C)C.[Hf]. The van der Waals surface area contributed by atoms with Crippen molar-refractivity contribution in [2.45, 2.75) is 20.8 Å². The number of carbonyl (C=O) groups is 1. The molecule has 3 heteroatoms. The monoisotopic (exact) mass is 295 g/mol. The van der Waals surface area contributed by atoms with Gasteiger partial charge in [0, 0.05) is 25.8 Å². The number of esters is 1. The fourth-order valence-electron chi connectivity index (χ4n) is 0.217. The summed E-state index contributed by atoms with van der Waals surface area (Å²) in [5.74, 6) is -0.280. The van der Waals surface area contributed by atoms with Crippen molar-refractivity contribution < 1.29 is 35.4 Å². The molecule has 0 aromatic heterocycles. The van der Waals surface area contributed by atoms with Gasteiger partial charge in [-0.25, -0.2) is 0 Å². The summed E-state index contributed by atoms with van der Waals surface area (Å²) in [6, 6.07) is 0. The molecule has 0 heterocycles. The van der Waals surface area contributed by atoms with Gasteiger partial charge < -0.3 is 4.74 Å². The Morgan fingerprint density at radius 1 is 1.44 bits per heavy atom. The molecule has 0 saturated heterocycles. The number of hydrogen-bond acceptors (Lipinski definition) is 2. The van der Waals surface area contributed by atoms with Gasteiger partial charge in [-0.3, -0.25) is 4.79 Å². The Bertz CT molecular complexity index is 93.7. The zero-order valence-electron chi connectivity index (χ0n) is 6.02. The van der Waals surface area contributed by atoms with Crippen molar-refractivity contribution in [2.24, 2.45) is 5.41 Å². The van der Waals surface area contributed by atoms with Crippen LogP contribution in [0.15, 0.2) is 0 Å². The van der Waals surface area contributed by atoms with E-state index in [1.54, 1.807) is 20.8 Å². The van der Waals surface area contributed by atoms with Crippen LogP contribution in [0, 0.1) is 12.5 Å². The van der Waals surface area contributed by atoms with E-state index in [-0.39, 0.29) is 31.8 Å². The molecule has 52 valence electrons. The molecule has 0 aliphatic carbocycles. The van der Waals surface area contributed by atoms with Crippen LogP contribution in [-0.2, 0) is 35.4 Å². The molecule has 9 heavy (non-hydrogen) atoms. The minimum atomic E-state index is -0.415. The first-order valence-electron chi connectivity index (χ1n) is 2.45. The first-order valence-corrected chi connectivity index (χ1v) is 2.45. The molecule has 0 spiro atoms. The van der Waals surface area contributed by atoms with Gasteiger partial charge in [-0.1, -0.05) is 0 Å². The maximum absolute atomic E-state index is 10.5. The maximum atomic E-state index is 10.5. The van der Waals surface area contributed by atoms with E-state index in [9.17, 15) is 4.79 Å². The first-order chi connectivity index (χ1) is 3.48. The Morgan fingerprint density at radius 3 is 1.78 bits per heavy atom. The zero-order chi connectivity index (χ0) is 6.78. The van der Waals surface area contributed by atoms with E-state index in [0.29, 0.717) is 0 Å². The predicted octanol–water partition coefficient (Wildman–Crippen LogP) is 1.36. The number of rotatable bonds is 0. The van der Waals surface area contributed by atoms with Gasteiger partial charge >= 0.3 is 0 Å². The maximum Gasteiger partial charge on any atom is 0.279 e. The smallest absolute Gasteiger partial charge is 0.279 e. The minimum Gasteiger partial charge on any atom is -0.640 e. The third-order valence-electron chi connectivity index (χ3n) is 0.743. The summed E-state index contributed by atoms with van der Waals surface area (Å²) < 4.78 is 4.23. The standard InChI is InChI=1S/C6H11O2.Hf/c1-6(2,3)5(7)8-4;/h4H2,1-3H3;/q-1;. The Balaban J connectivity index is 0. The van der Waals surface area contributed by atoms with E-state index in [0.717, 1.165) is 0 Å². The average Bonchev–Trinajstić information content (AvgIpc) is 1.62. The fourth-order valence-corrected chi connectivity index (χ4v) is 0.217. The van der Waals surface area contributed by atoms with E-state index >= 15 is 0 Å². The van der Waals surface area contributed by atoms with Crippen molar-refractivity contribution in [3.63, 3.8) is 0 Å². The topological polar surface area (TPSA) is 26.3 Å². The van der Waals surface area contributed by atoms with E-state index in [2.05, 4.69) is 11.8 Å². The van der Waals surface area contributed by atoms with Crippen LogP contribution in [0.5, 0.6) is 0 Å². The molecule has 0 unspecified atom stereocenters. The molecule has 0 aromatic carbocycles. The Kier molecular flexibility index (Phi) is 5.63. The molecule has 0 rings (SSSR count). The second kappa shape index (κ2) is 4.20. The summed E-state index contributed by atoms with van der Waals surface area (Å²) in [6.45, 7) is 5.33. The van der Waals surface area contributed by atoms with Crippen molar-refractivity contribution in [3.8, 4) is 0 Å². The normalized spacial score (nSPS) is 9.78. The van der Waals surface area contributed by atoms with Gasteiger partial charge in [0.05, 0.1) is 5.41 Å². The average molecular weight is 294 g/mol. The van der Waals surface area contributed by atoms with Gasteiger partial charge in [0.15, 0.2) is 0 Å². The van der Waals surface area contributed by atoms with Crippen molar-refractivity contribution in [3.05, 3.63) is 7.11 Å². The van der Waals surface area contributed by atoms with Crippen molar-refractivity contribution >= 4 is 5.97 Å². The van der Waals surface area contributed by atoms with Gasteiger partial charge in [0.2, 0.25) is 0 Å². The zero-order valence-corrected chi connectivity index (χ0v) is 9.62. The van der Waals surface area contributed by atoms with Gasteiger partial charge in [0.1, 0.15) is 0 Å². The van der Waals surface area contributed by atoms with Crippen LogP contribution in [0.4, 0.5) is 0 Å². The Morgan fingerprint density at radius 2 is 1.78 bits per heavy atom. The quantitative estimate of drug-likeness (QED) is 0.383. The molecule has 0 aliphatic heterocycles. The molecule has 0 saturated carbocycles. The van der Waals surface area contributed by atoms with Crippen LogP contribution in [0.25, 0.3) is 0 Å². The van der Waals surface area contributed by atoms with Crippen LogP contribution < -0.4 is 0 Å². The van der Waals surface area contributed by atoms with Crippen molar-refractivity contribution in [1.82, 2.24) is 0 Å². The molecule has 2 nitrogen and oxygen atoms in total. The summed E-state index contributed by atoms with van der Waals surface area (Å²) in [4.78, 5) is 10.5. The number of hydrogen-bond donors (Lipinski definition) is 0. The second-order valence-corrected chi connectivity index (χ2v) is 2.68. The molecule has 0 aliphatic rings. The number of carbonyl (C=O) groups excluding carboxylic acids is 1. The van der Waals surface area contributed by atoms with Crippen LogP contribution in [0.1, 0.15) is 20.8 Å². The van der Waals surface area contributed by atoms with E-state index in [1.807, 2.05) is 0 Å². The fraction of sp³-hybridized carbons (Fsp3) is 0.667. The molecule has 0 radical (unpaired) electrons. The van der Waals surface area contributed by atoms with Gasteiger partial charge in [0.25, 0.3) is 5.97 Å². The minimum absolute atomic E-state index is 0. The molecule has 0 N–H and O–H groups in total. The Hall–Kier alpha value is 0.340. The molecule has 0 bridgehead atoms. The molecular weight excluding hydrogens is 283 g/mol. The third kappa shape index (κ3) is 4.82. The molecular formula is C6H11HfO2-. The summed E-state index contributed by atoms with van der Waals surface area (Å²) in [7, 11) is 3.00. The Labute approximate surface area is 74.7 Å². The third-order valence-corrected chi connectivity index (χ3v) is 0.743. The summed E-state index contributed by atoms with van der Waals surface area (Å²) in [5, 5.41) is 0. The van der Waals surface area contributed by atoms with Gasteiger partial charge in [-0.2, -0.15) is 7.11 Å². The molecule has 0 aromatic rings. The molecule has 0 fully saturated rings. The van der Waals surface area contributed by atoms with Crippen LogP contribution >= 0.6 is 0 Å².